The first kappa shape index (κ1) is 15.4. The molecule has 6 heteroatoms. The van der Waals surface area contributed by atoms with Crippen LogP contribution in [-0.2, 0) is 9.53 Å². The number of anilines is 1. The number of halogens is 2. The molecule has 0 radical (unpaired) electrons. The smallest absolute Gasteiger partial charge is 0.237 e. The van der Waals surface area contributed by atoms with Crippen molar-refractivity contribution in [1.29, 1.82) is 0 Å². The van der Waals surface area contributed by atoms with Crippen LogP contribution in [0.4, 0.5) is 5.69 Å². The molecule has 0 saturated carbocycles. The van der Waals surface area contributed by atoms with Gasteiger partial charge in [0.2, 0.25) is 5.91 Å². The molecular formula is C14H18Cl2N2O2. The molecule has 0 spiro atoms. The molecule has 2 atom stereocenters. The Bertz CT molecular complexity index is 451. The van der Waals surface area contributed by atoms with Crippen LogP contribution in [0, 0.1) is 0 Å². The Morgan fingerprint density at radius 2 is 2.20 bits per heavy atom. The zero-order valence-electron chi connectivity index (χ0n) is 11.3. The third kappa shape index (κ3) is 4.27. The van der Waals surface area contributed by atoms with Crippen LogP contribution in [-0.4, -0.2) is 43.6 Å². The standard InChI is InChI=1S/C14H18Cl2N2O2/c1-10(15)14(19)17-8-13-9-18(6-7-20-13)12-4-2-11(16)3-5-12/h2-5,10,13H,6-9H2,1H3,(H,17,19). The molecule has 4 nitrogen and oxygen atoms in total. The van der Waals surface area contributed by atoms with Crippen LogP contribution in [0.15, 0.2) is 24.3 Å². The van der Waals surface area contributed by atoms with Crippen LogP contribution in [0.25, 0.3) is 0 Å². The van der Waals surface area contributed by atoms with Gasteiger partial charge in [-0.15, -0.1) is 11.6 Å². The summed E-state index contributed by atoms with van der Waals surface area (Å²) in [5, 5.41) is 2.99. The highest BCUT2D eigenvalue weighted by atomic mass is 35.5. The third-order valence-electron chi connectivity index (χ3n) is 3.20. The molecule has 1 aromatic rings. The predicted molar refractivity (Wildman–Crippen MR) is 81.7 cm³/mol. The number of amides is 1. The van der Waals surface area contributed by atoms with E-state index in [1.54, 1.807) is 6.92 Å². The van der Waals surface area contributed by atoms with E-state index in [4.69, 9.17) is 27.9 Å². The second-order valence-electron chi connectivity index (χ2n) is 4.78. The van der Waals surface area contributed by atoms with Crippen LogP contribution in [0.3, 0.4) is 0 Å². The minimum absolute atomic E-state index is 0.0289. The minimum atomic E-state index is -0.522. The van der Waals surface area contributed by atoms with Gasteiger partial charge in [-0.25, -0.2) is 0 Å². The number of nitrogens with one attached hydrogen (secondary N) is 1. The van der Waals surface area contributed by atoms with Gasteiger partial charge in [0.05, 0.1) is 12.7 Å². The molecule has 1 heterocycles. The van der Waals surface area contributed by atoms with Crippen molar-refractivity contribution < 1.29 is 9.53 Å². The molecule has 0 aromatic heterocycles. The molecule has 1 aliphatic heterocycles. The van der Waals surface area contributed by atoms with Gasteiger partial charge in [-0.1, -0.05) is 11.6 Å². The summed E-state index contributed by atoms with van der Waals surface area (Å²) in [4.78, 5) is 13.7. The number of hydrogen-bond donors (Lipinski definition) is 1. The Hall–Kier alpha value is -0.970. The van der Waals surface area contributed by atoms with E-state index in [1.807, 2.05) is 24.3 Å². The number of hydrogen-bond acceptors (Lipinski definition) is 3. The Balaban J connectivity index is 1.88. The number of carbonyl (C=O) groups excluding carboxylic acids is 1. The normalized spacial score (nSPS) is 20.6. The number of benzene rings is 1. The van der Waals surface area contributed by atoms with Crippen LogP contribution in [0.5, 0.6) is 0 Å². The van der Waals surface area contributed by atoms with Crippen molar-refractivity contribution in [2.24, 2.45) is 0 Å². The molecule has 2 unspecified atom stereocenters. The summed E-state index contributed by atoms with van der Waals surface area (Å²) in [7, 11) is 0. The summed E-state index contributed by atoms with van der Waals surface area (Å²) in [6, 6.07) is 7.73. The van der Waals surface area contributed by atoms with E-state index < -0.39 is 5.38 Å². The predicted octanol–water partition coefficient (Wildman–Crippen LogP) is 2.29. The molecule has 1 aliphatic rings. The van der Waals surface area contributed by atoms with Crippen LogP contribution >= 0.6 is 23.2 Å². The zero-order valence-corrected chi connectivity index (χ0v) is 12.8. The number of carbonyl (C=O) groups is 1. The lowest BCUT2D eigenvalue weighted by molar-refractivity contribution is -0.121. The van der Waals surface area contributed by atoms with Crippen LogP contribution in [0.2, 0.25) is 5.02 Å². The first-order valence-corrected chi connectivity index (χ1v) is 7.41. The number of nitrogens with zero attached hydrogens (tertiary/aromatic N) is 1. The quantitative estimate of drug-likeness (QED) is 0.867. The molecule has 0 aliphatic carbocycles. The number of morpholine rings is 1. The highest BCUT2D eigenvalue weighted by Crippen LogP contribution is 2.20. The van der Waals surface area contributed by atoms with Gasteiger partial charge in [-0.2, -0.15) is 0 Å². The molecule has 2 rings (SSSR count). The second kappa shape index (κ2) is 7.16. The largest absolute Gasteiger partial charge is 0.373 e. The van der Waals surface area contributed by atoms with Gasteiger partial charge < -0.3 is 15.0 Å². The van der Waals surface area contributed by atoms with E-state index in [-0.39, 0.29) is 12.0 Å². The fourth-order valence-corrected chi connectivity index (χ4v) is 2.29. The average molecular weight is 317 g/mol. The van der Waals surface area contributed by atoms with Crippen molar-refractivity contribution in [3.8, 4) is 0 Å². The maximum atomic E-state index is 11.4. The highest BCUT2D eigenvalue weighted by molar-refractivity contribution is 6.30. The van der Waals surface area contributed by atoms with E-state index in [1.165, 1.54) is 0 Å². The molecule has 1 N–H and O–H groups in total. The summed E-state index contributed by atoms with van der Waals surface area (Å²) < 4.78 is 5.66. The Labute approximate surface area is 129 Å². The van der Waals surface area contributed by atoms with Gasteiger partial charge in [0, 0.05) is 30.3 Å². The molecule has 1 fully saturated rings. The van der Waals surface area contributed by atoms with E-state index in [2.05, 4.69) is 10.2 Å². The first-order chi connectivity index (χ1) is 9.56. The fourth-order valence-electron chi connectivity index (χ4n) is 2.08. The Morgan fingerprint density at radius 3 is 2.85 bits per heavy atom. The lowest BCUT2D eigenvalue weighted by Crippen LogP contribution is -2.48. The third-order valence-corrected chi connectivity index (χ3v) is 3.65. The average Bonchev–Trinajstić information content (AvgIpc) is 2.45. The van der Waals surface area contributed by atoms with Gasteiger partial charge in [-0.05, 0) is 31.2 Å². The van der Waals surface area contributed by atoms with E-state index >= 15 is 0 Å². The molecule has 1 saturated heterocycles. The van der Waals surface area contributed by atoms with Gasteiger partial charge in [-0.3, -0.25) is 4.79 Å². The van der Waals surface area contributed by atoms with Crippen molar-refractivity contribution >= 4 is 34.8 Å². The van der Waals surface area contributed by atoms with Crippen LogP contribution in [0.1, 0.15) is 6.92 Å². The van der Waals surface area contributed by atoms with Gasteiger partial charge >= 0.3 is 0 Å². The monoisotopic (exact) mass is 316 g/mol. The molecule has 1 amide bonds. The SMILES string of the molecule is CC(Cl)C(=O)NCC1CN(c2ccc(Cl)cc2)CCO1. The minimum Gasteiger partial charge on any atom is -0.373 e. The van der Waals surface area contributed by atoms with Gasteiger partial charge in [0.25, 0.3) is 0 Å². The van der Waals surface area contributed by atoms with Crippen molar-refractivity contribution in [2.45, 2.75) is 18.4 Å². The second-order valence-corrected chi connectivity index (χ2v) is 5.87. The van der Waals surface area contributed by atoms with Crippen molar-refractivity contribution in [3.05, 3.63) is 29.3 Å². The number of ether oxygens (including phenoxy) is 1. The summed E-state index contributed by atoms with van der Waals surface area (Å²) in [5.41, 5.74) is 1.11. The van der Waals surface area contributed by atoms with E-state index in [0.29, 0.717) is 13.2 Å². The Kier molecular flexibility index (Phi) is 5.52. The van der Waals surface area contributed by atoms with Crippen LogP contribution < -0.4 is 10.2 Å². The summed E-state index contributed by atoms with van der Waals surface area (Å²) >= 11 is 11.6. The molecule has 20 heavy (non-hydrogen) atoms. The van der Waals surface area contributed by atoms with Crippen molar-refractivity contribution in [3.63, 3.8) is 0 Å². The summed E-state index contributed by atoms with van der Waals surface area (Å²) in [5.74, 6) is -0.168. The molecule has 0 bridgehead atoms. The van der Waals surface area contributed by atoms with Crippen molar-refractivity contribution in [2.75, 3.05) is 31.1 Å². The maximum absolute atomic E-state index is 11.4. The lowest BCUT2D eigenvalue weighted by Gasteiger charge is -2.34. The number of rotatable bonds is 4. The summed E-state index contributed by atoms with van der Waals surface area (Å²) in [6.07, 6.45) is -0.0289. The Morgan fingerprint density at radius 1 is 1.50 bits per heavy atom. The lowest BCUT2D eigenvalue weighted by atomic mass is 10.2. The van der Waals surface area contributed by atoms with Gasteiger partial charge in [0.1, 0.15) is 5.38 Å². The summed E-state index contributed by atoms with van der Waals surface area (Å²) in [6.45, 7) is 4.33. The van der Waals surface area contributed by atoms with Gasteiger partial charge in [0.15, 0.2) is 0 Å². The molecule has 1 aromatic carbocycles. The highest BCUT2D eigenvalue weighted by Gasteiger charge is 2.21. The first-order valence-electron chi connectivity index (χ1n) is 6.60. The molecular weight excluding hydrogens is 299 g/mol. The topological polar surface area (TPSA) is 41.6 Å². The van der Waals surface area contributed by atoms with E-state index in [9.17, 15) is 4.79 Å². The van der Waals surface area contributed by atoms with Crippen molar-refractivity contribution in [1.82, 2.24) is 5.32 Å². The molecule has 110 valence electrons. The van der Waals surface area contributed by atoms with E-state index in [0.717, 1.165) is 23.8 Å². The zero-order chi connectivity index (χ0) is 14.5. The number of alkyl halides is 1. The fraction of sp³-hybridized carbons (Fsp3) is 0.500. The maximum Gasteiger partial charge on any atom is 0.237 e.